The summed E-state index contributed by atoms with van der Waals surface area (Å²) in [6.07, 6.45) is 0. The van der Waals surface area contributed by atoms with Gasteiger partial charge in [-0.2, -0.15) is 0 Å². The predicted molar refractivity (Wildman–Crippen MR) is 78.3 cm³/mol. The Balaban J connectivity index is 1.55. The molecule has 1 aromatic carbocycles. The van der Waals surface area contributed by atoms with E-state index >= 15 is 0 Å². The SMILES string of the molecule is O=C(c1ccc(Br)cc1)N1CC(N2CCNCC2)C1. The topological polar surface area (TPSA) is 35.6 Å². The third-order valence-corrected chi connectivity index (χ3v) is 4.44. The maximum absolute atomic E-state index is 12.2. The predicted octanol–water partition coefficient (Wildman–Crippen LogP) is 1.18. The molecule has 0 bridgehead atoms. The minimum atomic E-state index is 0.152. The standard InChI is InChI=1S/C14H18BrN3O/c15-12-3-1-11(2-4-12)14(19)18-9-13(10-18)17-7-5-16-6-8-17/h1-4,13,16H,5-10H2. The second-order valence-corrected chi connectivity index (χ2v) is 6.07. The van der Waals surface area contributed by atoms with Gasteiger partial charge in [-0.25, -0.2) is 0 Å². The van der Waals surface area contributed by atoms with E-state index in [1.165, 1.54) is 0 Å². The zero-order chi connectivity index (χ0) is 13.2. The van der Waals surface area contributed by atoms with E-state index in [0.717, 1.165) is 49.3 Å². The zero-order valence-electron chi connectivity index (χ0n) is 10.8. The summed E-state index contributed by atoms with van der Waals surface area (Å²) < 4.78 is 1.01. The maximum atomic E-state index is 12.2. The molecule has 2 saturated heterocycles. The van der Waals surface area contributed by atoms with Crippen LogP contribution in [0.1, 0.15) is 10.4 Å². The Kier molecular flexibility index (Phi) is 3.86. The zero-order valence-corrected chi connectivity index (χ0v) is 12.4. The van der Waals surface area contributed by atoms with Crippen molar-refractivity contribution in [2.24, 2.45) is 0 Å². The van der Waals surface area contributed by atoms with Crippen LogP contribution in [0.25, 0.3) is 0 Å². The quantitative estimate of drug-likeness (QED) is 0.887. The van der Waals surface area contributed by atoms with Crippen LogP contribution in [-0.2, 0) is 0 Å². The van der Waals surface area contributed by atoms with E-state index in [0.29, 0.717) is 6.04 Å². The first-order valence-electron chi connectivity index (χ1n) is 6.73. The molecule has 0 aromatic heterocycles. The molecular weight excluding hydrogens is 306 g/mol. The Bertz CT molecular complexity index is 450. The summed E-state index contributed by atoms with van der Waals surface area (Å²) >= 11 is 3.39. The van der Waals surface area contributed by atoms with Gasteiger partial charge in [-0.1, -0.05) is 15.9 Å². The van der Waals surface area contributed by atoms with Gasteiger partial charge in [-0.05, 0) is 24.3 Å². The molecule has 102 valence electrons. The number of rotatable bonds is 2. The minimum Gasteiger partial charge on any atom is -0.335 e. The van der Waals surface area contributed by atoms with Crippen molar-refractivity contribution in [3.63, 3.8) is 0 Å². The van der Waals surface area contributed by atoms with Crippen molar-refractivity contribution in [2.45, 2.75) is 6.04 Å². The Labute approximate surface area is 121 Å². The molecule has 3 rings (SSSR count). The van der Waals surface area contributed by atoms with Gasteiger partial charge in [0.25, 0.3) is 5.91 Å². The molecule has 0 radical (unpaired) electrons. The molecule has 0 aliphatic carbocycles. The van der Waals surface area contributed by atoms with Gasteiger partial charge in [-0.3, -0.25) is 9.69 Å². The van der Waals surface area contributed by atoms with Gasteiger partial charge in [0.1, 0.15) is 0 Å². The van der Waals surface area contributed by atoms with Crippen molar-refractivity contribution in [1.82, 2.24) is 15.1 Å². The normalized spacial score (nSPS) is 21.2. The number of benzene rings is 1. The van der Waals surface area contributed by atoms with Crippen LogP contribution in [-0.4, -0.2) is 61.0 Å². The van der Waals surface area contributed by atoms with Gasteiger partial charge in [-0.15, -0.1) is 0 Å². The molecule has 0 saturated carbocycles. The average Bonchev–Trinajstić information content (AvgIpc) is 2.39. The Morgan fingerprint density at radius 2 is 1.79 bits per heavy atom. The summed E-state index contributed by atoms with van der Waals surface area (Å²) in [5, 5.41) is 3.36. The molecule has 1 aromatic rings. The minimum absolute atomic E-state index is 0.152. The fourth-order valence-corrected chi connectivity index (χ4v) is 2.94. The van der Waals surface area contributed by atoms with Crippen molar-refractivity contribution >= 4 is 21.8 Å². The van der Waals surface area contributed by atoms with Gasteiger partial charge in [0.15, 0.2) is 0 Å². The van der Waals surface area contributed by atoms with E-state index in [9.17, 15) is 4.79 Å². The number of nitrogens with one attached hydrogen (secondary N) is 1. The summed E-state index contributed by atoms with van der Waals surface area (Å²) in [5.41, 5.74) is 0.780. The van der Waals surface area contributed by atoms with E-state index in [-0.39, 0.29) is 5.91 Å². The van der Waals surface area contributed by atoms with Crippen LogP contribution in [0.3, 0.4) is 0 Å². The first-order chi connectivity index (χ1) is 9.24. The highest BCUT2D eigenvalue weighted by Gasteiger charge is 2.35. The lowest BCUT2D eigenvalue weighted by molar-refractivity contribution is 0.0227. The molecule has 4 nitrogen and oxygen atoms in total. The maximum Gasteiger partial charge on any atom is 0.253 e. The number of carbonyl (C=O) groups excluding carboxylic acids is 1. The van der Waals surface area contributed by atoms with Gasteiger partial charge < -0.3 is 10.2 Å². The number of halogens is 1. The molecule has 0 unspecified atom stereocenters. The smallest absolute Gasteiger partial charge is 0.253 e. The molecule has 1 N–H and O–H groups in total. The molecule has 19 heavy (non-hydrogen) atoms. The Hall–Kier alpha value is -0.910. The summed E-state index contributed by atoms with van der Waals surface area (Å²) in [4.78, 5) is 16.7. The number of likely N-dealkylation sites (tertiary alicyclic amines) is 1. The van der Waals surface area contributed by atoms with Gasteiger partial charge in [0.2, 0.25) is 0 Å². The highest BCUT2D eigenvalue weighted by atomic mass is 79.9. The van der Waals surface area contributed by atoms with Gasteiger partial charge >= 0.3 is 0 Å². The van der Waals surface area contributed by atoms with E-state index < -0.39 is 0 Å². The van der Waals surface area contributed by atoms with Crippen LogP contribution >= 0.6 is 15.9 Å². The number of hydrogen-bond donors (Lipinski definition) is 1. The van der Waals surface area contributed by atoms with E-state index in [1.54, 1.807) is 0 Å². The summed E-state index contributed by atoms with van der Waals surface area (Å²) in [6.45, 7) is 6.08. The first-order valence-corrected chi connectivity index (χ1v) is 7.53. The third kappa shape index (κ3) is 2.83. The summed E-state index contributed by atoms with van der Waals surface area (Å²) in [5.74, 6) is 0.152. The van der Waals surface area contributed by atoms with Crippen molar-refractivity contribution in [2.75, 3.05) is 39.3 Å². The van der Waals surface area contributed by atoms with E-state index in [2.05, 4.69) is 26.1 Å². The molecule has 1 amide bonds. The lowest BCUT2D eigenvalue weighted by Gasteiger charge is -2.46. The van der Waals surface area contributed by atoms with Crippen LogP contribution in [0, 0.1) is 0 Å². The largest absolute Gasteiger partial charge is 0.335 e. The number of nitrogens with zero attached hydrogens (tertiary/aromatic N) is 2. The molecule has 5 heteroatoms. The second-order valence-electron chi connectivity index (χ2n) is 5.16. The Morgan fingerprint density at radius 1 is 1.16 bits per heavy atom. The fraction of sp³-hybridized carbons (Fsp3) is 0.500. The van der Waals surface area contributed by atoms with Crippen molar-refractivity contribution in [3.8, 4) is 0 Å². The average molecular weight is 324 g/mol. The van der Waals surface area contributed by atoms with Crippen molar-refractivity contribution in [3.05, 3.63) is 34.3 Å². The van der Waals surface area contributed by atoms with Crippen LogP contribution in [0.15, 0.2) is 28.7 Å². The first kappa shape index (κ1) is 13.1. The third-order valence-electron chi connectivity index (χ3n) is 3.91. The second kappa shape index (κ2) is 5.61. The highest BCUT2D eigenvalue weighted by Crippen LogP contribution is 2.19. The number of amides is 1. The summed E-state index contributed by atoms with van der Waals surface area (Å²) in [7, 11) is 0. The van der Waals surface area contributed by atoms with Crippen molar-refractivity contribution < 1.29 is 4.79 Å². The molecule has 0 spiro atoms. The molecule has 2 aliphatic rings. The van der Waals surface area contributed by atoms with Crippen LogP contribution in [0.5, 0.6) is 0 Å². The molecular formula is C14H18BrN3O. The van der Waals surface area contributed by atoms with Crippen molar-refractivity contribution in [1.29, 1.82) is 0 Å². The van der Waals surface area contributed by atoms with Crippen LogP contribution in [0.4, 0.5) is 0 Å². The number of carbonyl (C=O) groups is 1. The number of piperazine rings is 1. The monoisotopic (exact) mass is 323 g/mol. The molecule has 2 fully saturated rings. The lowest BCUT2D eigenvalue weighted by Crippen LogP contribution is -2.63. The van der Waals surface area contributed by atoms with Crippen LogP contribution < -0.4 is 5.32 Å². The lowest BCUT2D eigenvalue weighted by atomic mass is 10.0. The fourth-order valence-electron chi connectivity index (χ4n) is 2.67. The van der Waals surface area contributed by atoms with Crippen LogP contribution in [0.2, 0.25) is 0 Å². The van der Waals surface area contributed by atoms with Gasteiger partial charge in [0.05, 0.1) is 0 Å². The Morgan fingerprint density at radius 3 is 2.42 bits per heavy atom. The molecule has 2 heterocycles. The van der Waals surface area contributed by atoms with E-state index in [4.69, 9.17) is 0 Å². The molecule has 0 atom stereocenters. The molecule has 2 aliphatic heterocycles. The van der Waals surface area contributed by atoms with E-state index in [1.807, 2.05) is 29.2 Å². The van der Waals surface area contributed by atoms with Gasteiger partial charge in [0, 0.05) is 55.3 Å². The summed E-state index contributed by atoms with van der Waals surface area (Å²) in [6, 6.07) is 8.15. The highest BCUT2D eigenvalue weighted by molar-refractivity contribution is 9.10. The number of hydrogen-bond acceptors (Lipinski definition) is 3.